The van der Waals surface area contributed by atoms with Gasteiger partial charge in [0.25, 0.3) is 0 Å². The molecule has 0 aliphatic heterocycles. The molecule has 6 nitrogen and oxygen atoms in total. The first kappa shape index (κ1) is 16.0. The molecule has 1 unspecified atom stereocenters. The minimum Gasteiger partial charge on any atom is -0.383 e. The van der Waals surface area contributed by atoms with Gasteiger partial charge < -0.3 is 10.1 Å². The normalized spacial score (nSPS) is 14.1. The third-order valence-corrected chi connectivity index (χ3v) is 3.82. The molecular weight excluding hydrogens is 242 g/mol. The molecule has 1 heterocycles. The molecule has 110 valence electrons. The fourth-order valence-electron chi connectivity index (χ4n) is 1.67. The Morgan fingerprint density at radius 1 is 1.32 bits per heavy atom. The van der Waals surface area contributed by atoms with Crippen molar-refractivity contribution in [2.24, 2.45) is 11.3 Å². The van der Waals surface area contributed by atoms with Crippen molar-refractivity contribution in [3.63, 3.8) is 0 Å². The largest absolute Gasteiger partial charge is 0.383 e. The lowest BCUT2D eigenvalue weighted by atomic mass is 9.81. The van der Waals surface area contributed by atoms with Gasteiger partial charge in [-0.2, -0.15) is 0 Å². The maximum atomic E-state index is 5.03. The van der Waals surface area contributed by atoms with Gasteiger partial charge in [0, 0.05) is 13.7 Å². The molecule has 0 saturated heterocycles. The van der Waals surface area contributed by atoms with Crippen LogP contribution in [0.3, 0.4) is 0 Å². The van der Waals surface area contributed by atoms with Gasteiger partial charge in [-0.1, -0.05) is 27.7 Å². The average Bonchev–Trinajstić information content (AvgIpc) is 2.76. The number of nitrogens with zero attached hydrogens (tertiary/aromatic N) is 4. The van der Waals surface area contributed by atoms with Crippen LogP contribution in [0.5, 0.6) is 0 Å². The molecule has 0 fully saturated rings. The van der Waals surface area contributed by atoms with Crippen LogP contribution in [0.15, 0.2) is 0 Å². The van der Waals surface area contributed by atoms with E-state index in [-0.39, 0.29) is 11.5 Å². The van der Waals surface area contributed by atoms with Crippen molar-refractivity contribution < 1.29 is 4.74 Å². The molecule has 1 aromatic rings. The zero-order valence-electron chi connectivity index (χ0n) is 13.0. The summed E-state index contributed by atoms with van der Waals surface area (Å²) in [6.45, 7) is 13.3. The highest BCUT2D eigenvalue weighted by Gasteiger charge is 2.26. The molecule has 0 amide bonds. The van der Waals surface area contributed by atoms with E-state index in [2.05, 4.69) is 55.5 Å². The van der Waals surface area contributed by atoms with Crippen LogP contribution in [0.4, 0.5) is 0 Å². The quantitative estimate of drug-likeness (QED) is 0.727. The van der Waals surface area contributed by atoms with Crippen LogP contribution in [-0.2, 0) is 11.3 Å². The Labute approximate surface area is 115 Å². The van der Waals surface area contributed by atoms with Crippen molar-refractivity contribution in [3.05, 3.63) is 5.82 Å². The van der Waals surface area contributed by atoms with E-state index in [1.165, 1.54) is 0 Å². The van der Waals surface area contributed by atoms with Gasteiger partial charge in [0.2, 0.25) is 0 Å². The number of hydrogen-bond acceptors (Lipinski definition) is 5. The number of aromatic nitrogens is 4. The van der Waals surface area contributed by atoms with Crippen molar-refractivity contribution in [2.45, 2.75) is 47.2 Å². The lowest BCUT2D eigenvalue weighted by molar-refractivity contribution is 0.188. The minimum atomic E-state index is 0.119. The highest BCUT2D eigenvalue weighted by Crippen LogP contribution is 2.28. The topological polar surface area (TPSA) is 64.9 Å². The molecule has 1 N–H and O–H groups in total. The molecule has 0 aliphatic rings. The lowest BCUT2D eigenvalue weighted by Gasteiger charge is -2.29. The summed E-state index contributed by atoms with van der Waals surface area (Å²) in [4.78, 5) is 0. The van der Waals surface area contributed by atoms with E-state index in [0.717, 1.165) is 18.9 Å². The van der Waals surface area contributed by atoms with Gasteiger partial charge in [-0.15, -0.1) is 5.10 Å². The lowest BCUT2D eigenvalue weighted by Crippen LogP contribution is -2.30. The van der Waals surface area contributed by atoms with Crippen LogP contribution in [0.25, 0.3) is 0 Å². The summed E-state index contributed by atoms with van der Waals surface area (Å²) in [5.41, 5.74) is 0.163. The summed E-state index contributed by atoms with van der Waals surface area (Å²) in [6.07, 6.45) is 0. The molecule has 19 heavy (non-hydrogen) atoms. The molecule has 1 aromatic heterocycles. The second kappa shape index (κ2) is 6.96. The van der Waals surface area contributed by atoms with Crippen LogP contribution >= 0.6 is 0 Å². The summed E-state index contributed by atoms with van der Waals surface area (Å²) in [5.74, 6) is 1.45. The van der Waals surface area contributed by atoms with Crippen LogP contribution in [0, 0.1) is 11.3 Å². The van der Waals surface area contributed by atoms with E-state index in [9.17, 15) is 0 Å². The van der Waals surface area contributed by atoms with Gasteiger partial charge in [0.05, 0.1) is 19.2 Å². The Balaban J connectivity index is 2.69. The van der Waals surface area contributed by atoms with Crippen molar-refractivity contribution in [3.8, 4) is 0 Å². The smallest absolute Gasteiger partial charge is 0.167 e. The number of ether oxygens (including phenoxy) is 1. The Morgan fingerprint density at radius 2 is 2.00 bits per heavy atom. The third-order valence-electron chi connectivity index (χ3n) is 3.82. The third kappa shape index (κ3) is 4.54. The molecule has 0 bridgehead atoms. The summed E-state index contributed by atoms with van der Waals surface area (Å²) in [7, 11) is 1.70. The number of methoxy groups -OCH3 is 1. The van der Waals surface area contributed by atoms with Crippen LogP contribution in [0.1, 0.15) is 46.5 Å². The summed E-state index contributed by atoms with van der Waals surface area (Å²) in [6, 6.07) is 0.119. The number of rotatable bonds is 8. The van der Waals surface area contributed by atoms with E-state index >= 15 is 0 Å². The van der Waals surface area contributed by atoms with E-state index in [1.807, 2.05) is 4.68 Å². The van der Waals surface area contributed by atoms with Crippen LogP contribution in [-0.4, -0.2) is 40.5 Å². The Morgan fingerprint density at radius 3 is 2.58 bits per heavy atom. The Hall–Kier alpha value is -1.01. The monoisotopic (exact) mass is 269 g/mol. The van der Waals surface area contributed by atoms with Gasteiger partial charge in [-0.25, -0.2) is 4.68 Å². The molecular formula is C13H27N5O. The second-order valence-corrected chi connectivity index (χ2v) is 6.01. The summed E-state index contributed by atoms with van der Waals surface area (Å²) in [5, 5.41) is 15.4. The van der Waals surface area contributed by atoms with Gasteiger partial charge in [0.15, 0.2) is 5.82 Å². The van der Waals surface area contributed by atoms with Crippen molar-refractivity contribution in [2.75, 3.05) is 20.3 Å². The minimum absolute atomic E-state index is 0.119. The standard InChI is InChI=1S/C13H27N5O/c1-10(2)13(4,5)9-18-12(15-16-17-18)11(3)14-7-8-19-6/h10-11,14H,7-9H2,1-6H3. The molecule has 0 radical (unpaired) electrons. The Bertz CT molecular complexity index is 375. The molecule has 0 saturated carbocycles. The van der Waals surface area contributed by atoms with Gasteiger partial charge >= 0.3 is 0 Å². The Kier molecular flexibility index (Phi) is 5.87. The first-order valence-electron chi connectivity index (χ1n) is 6.87. The molecule has 0 aliphatic carbocycles. The fraction of sp³-hybridized carbons (Fsp3) is 0.923. The average molecular weight is 269 g/mol. The number of hydrogen-bond donors (Lipinski definition) is 1. The van der Waals surface area contributed by atoms with Gasteiger partial charge in [0.1, 0.15) is 0 Å². The molecule has 0 aromatic carbocycles. The predicted octanol–water partition coefficient (Wildman–Crippen LogP) is 1.65. The summed E-state index contributed by atoms with van der Waals surface area (Å²) >= 11 is 0. The zero-order chi connectivity index (χ0) is 14.5. The second-order valence-electron chi connectivity index (χ2n) is 6.01. The predicted molar refractivity (Wildman–Crippen MR) is 74.7 cm³/mol. The first-order chi connectivity index (χ1) is 8.88. The highest BCUT2D eigenvalue weighted by atomic mass is 16.5. The zero-order valence-corrected chi connectivity index (χ0v) is 13.0. The van der Waals surface area contributed by atoms with Gasteiger partial charge in [-0.3, -0.25) is 0 Å². The van der Waals surface area contributed by atoms with Gasteiger partial charge in [-0.05, 0) is 28.7 Å². The van der Waals surface area contributed by atoms with Crippen LogP contribution < -0.4 is 5.32 Å². The maximum Gasteiger partial charge on any atom is 0.167 e. The van der Waals surface area contributed by atoms with E-state index in [4.69, 9.17) is 4.74 Å². The number of tetrazole rings is 1. The molecule has 1 atom stereocenters. The highest BCUT2D eigenvalue weighted by molar-refractivity contribution is 4.91. The van der Waals surface area contributed by atoms with Crippen molar-refractivity contribution >= 4 is 0 Å². The molecule has 6 heteroatoms. The van der Waals surface area contributed by atoms with E-state index in [0.29, 0.717) is 12.5 Å². The van der Waals surface area contributed by atoms with Crippen LogP contribution in [0.2, 0.25) is 0 Å². The number of nitrogens with one attached hydrogen (secondary N) is 1. The fourth-order valence-corrected chi connectivity index (χ4v) is 1.67. The van der Waals surface area contributed by atoms with Crippen molar-refractivity contribution in [1.29, 1.82) is 0 Å². The van der Waals surface area contributed by atoms with Crippen molar-refractivity contribution in [1.82, 2.24) is 25.5 Å². The molecule has 1 rings (SSSR count). The van der Waals surface area contributed by atoms with E-state index < -0.39 is 0 Å². The summed E-state index contributed by atoms with van der Waals surface area (Å²) < 4.78 is 6.94. The first-order valence-corrected chi connectivity index (χ1v) is 6.87. The maximum absolute atomic E-state index is 5.03. The van der Waals surface area contributed by atoms with E-state index in [1.54, 1.807) is 7.11 Å². The SMILES string of the molecule is COCCNC(C)c1nnnn1CC(C)(C)C(C)C. The molecule has 0 spiro atoms.